The van der Waals surface area contributed by atoms with Crippen molar-refractivity contribution in [3.63, 3.8) is 0 Å². The van der Waals surface area contributed by atoms with Crippen LogP contribution in [0.1, 0.15) is 12.5 Å². The van der Waals surface area contributed by atoms with E-state index in [1.54, 1.807) is 13.3 Å². The number of rotatable bonds is 7. The summed E-state index contributed by atoms with van der Waals surface area (Å²) in [5.41, 5.74) is 1.08. The second kappa shape index (κ2) is 7.20. The third-order valence-electron chi connectivity index (χ3n) is 1.97. The fourth-order valence-electron chi connectivity index (χ4n) is 1.18. The molecule has 15 heavy (non-hydrogen) atoms. The molecule has 1 heterocycles. The van der Waals surface area contributed by atoms with Gasteiger partial charge in [0.15, 0.2) is 0 Å². The first-order valence-electron chi connectivity index (χ1n) is 5.13. The van der Waals surface area contributed by atoms with E-state index in [9.17, 15) is 0 Å². The SMILES string of the molecule is CCNCc1cnccc1OCCOC. The Kier molecular flexibility index (Phi) is 5.73. The molecular formula is C11H18N2O2. The van der Waals surface area contributed by atoms with Gasteiger partial charge in [0.05, 0.1) is 6.61 Å². The van der Waals surface area contributed by atoms with Gasteiger partial charge in [-0.3, -0.25) is 4.98 Å². The van der Waals surface area contributed by atoms with Crippen LogP contribution in [0.5, 0.6) is 5.75 Å². The summed E-state index contributed by atoms with van der Waals surface area (Å²) in [6.45, 7) is 4.96. The van der Waals surface area contributed by atoms with Crippen molar-refractivity contribution in [2.24, 2.45) is 0 Å². The molecule has 0 aromatic carbocycles. The second-order valence-electron chi connectivity index (χ2n) is 3.10. The minimum Gasteiger partial charge on any atom is -0.491 e. The molecule has 0 bridgehead atoms. The highest BCUT2D eigenvalue weighted by molar-refractivity contribution is 5.29. The zero-order valence-electron chi connectivity index (χ0n) is 9.32. The third-order valence-corrected chi connectivity index (χ3v) is 1.97. The van der Waals surface area contributed by atoms with Crippen LogP contribution in [0.2, 0.25) is 0 Å². The Balaban J connectivity index is 2.52. The summed E-state index contributed by atoms with van der Waals surface area (Å²) in [5, 5.41) is 3.24. The van der Waals surface area contributed by atoms with Crippen LogP contribution in [0.15, 0.2) is 18.5 Å². The topological polar surface area (TPSA) is 43.4 Å². The minimum absolute atomic E-state index is 0.569. The summed E-state index contributed by atoms with van der Waals surface area (Å²) >= 11 is 0. The van der Waals surface area contributed by atoms with Crippen LogP contribution in [0.25, 0.3) is 0 Å². The molecule has 1 aromatic rings. The molecule has 84 valence electrons. The Morgan fingerprint density at radius 2 is 2.27 bits per heavy atom. The number of pyridine rings is 1. The van der Waals surface area contributed by atoms with Crippen molar-refractivity contribution in [2.75, 3.05) is 26.9 Å². The van der Waals surface area contributed by atoms with Crippen LogP contribution >= 0.6 is 0 Å². The van der Waals surface area contributed by atoms with Crippen molar-refractivity contribution in [3.8, 4) is 5.75 Å². The molecular weight excluding hydrogens is 192 g/mol. The van der Waals surface area contributed by atoms with Crippen LogP contribution in [0.3, 0.4) is 0 Å². The lowest BCUT2D eigenvalue weighted by Gasteiger charge is -2.10. The quantitative estimate of drug-likeness (QED) is 0.687. The first-order chi connectivity index (χ1) is 7.38. The van der Waals surface area contributed by atoms with Crippen LogP contribution < -0.4 is 10.1 Å². The molecule has 0 radical (unpaired) electrons. The molecule has 0 saturated heterocycles. The average Bonchev–Trinajstić information content (AvgIpc) is 2.28. The van der Waals surface area contributed by atoms with Gasteiger partial charge >= 0.3 is 0 Å². The monoisotopic (exact) mass is 210 g/mol. The van der Waals surface area contributed by atoms with Gasteiger partial charge in [-0.25, -0.2) is 0 Å². The molecule has 0 amide bonds. The van der Waals surface area contributed by atoms with Gasteiger partial charge in [0, 0.05) is 31.6 Å². The molecule has 0 aliphatic heterocycles. The van der Waals surface area contributed by atoms with Crippen LogP contribution in [0, 0.1) is 0 Å². The summed E-state index contributed by atoms with van der Waals surface area (Å²) in [5.74, 6) is 0.878. The van der Waals surface area contributed by atoms with Gasteiger partial charge in [-0.15, -0.1) is 0 Å². The van der Waals surface area contributed by atoms with E-state index >= 15 is 0 Å². The maximum absolute atomic E-state index is 5.57. The molecule has 0 fully saturated rings. The summed E-state index contributed by atoms with van der Waals surface area (Å²) in [6, 6.07) is 1.88. The van der Waals surface area contributed by atoms with Gasteiger partial charge in [-0.05, 0) is 12.6 Å². The van der Waals surface area contributed by atoms with E-state index in [0.717, 1.165) is 24.4 Å². The first kappa shape index (κ1) is 11.9. The van der Waals surface area contributed by atoms with Crippen LogP contribution in [0.4, 0.5) is 0 Å². The van der Waals surface area contributed by atoms with Crippen molar-refractivity contribution in [3.05, 3.63) is 24.0 Å². The van der Waals surface area contributed by atoms with Gasteiger partial charge in [0.25, 0.3) is 0 Å². The molecule has 4 nitrogen and oxygen atoms in total. The molecule has 0 spiro atoms. The van der Waals surface area contributed by atoms with E-state index in [0.29, 0.717) is 13.2 Å². The number of hydrogen-bond donors (Lipinski definition) is 1. The molecule has 0 aliphatic rings. The van der Waals surface area contributed by atoms with Crippen molar-refractivity contribution in [2.45, 2.75) is 13.5 Å². The molecule has 0 unspecified atom stereocenters. The van der Waals surface area contributed by atoms with Crippen molar-refractivity contribution in [1.29, 1.82) is 0 Å². The predicted octanol–water partition coefficient (Wildman–Crippen LogP) is 1.22. The standard InChI is InChI=1S/C11H18N2O2/c1-3-12-8-10-9-13-5-4-11(10)15-7-6-14-2/h4-5,9,12H,3,6-8H2,1-2H3. The Bertz CT molecular complexity index is 279. The smallest absolute Gasteiger partial charge is 0.126 e. The van der Waals surface area contributed by atoms with E-state index in [-0.39, 0.29) is 0 Å². The van der Waals surface area contributed by atoms with E-state index in [4.69, 9.17) is 9.47 Å². The fourth-order valence-corrected chi connectivity index (χ4v) is 1.18. The molecule has 0 saturated carbocycles. The largest absolute Gasteiger partial charge is 0.491 e. The second-order valence-corrected chi connectivity index (χ2v) is 3.10. The number of ether oxygens (including phenoxy) is 2. The molecule has 4 heteroatoms. The van der Waals surface area contributed by atoms with Crippen molar-refractivity contribution >= 4 is 0 Å². The number of nitrogens with one attached hydrogen (secondary N) is 1. The van der Waals surface area contributed by atoms with Crippen molar-refractivity contribution < 1.29 is 9.47 Å². The zero-order valence-corrected chi connectivity index (χ0v) is 9.32. The molecule has 0 aliphatic carbocycles. The van der Waals surface area contributed by atoms with Gasteiger partial charge < -0.3 is 14.8 Å². The van der Waals surface area contributed by atoms with Crippen LogP contribution in [-0.2, 0) is 11.3 Å². The molecule has 1 N–H and O–H groups in total. The molecule has 1 aromatic heterocycles. The number of methoxy groups -OCH3 is 1. The summed E-state index contributed by atoms with van der Waals surface area (Å²) in [6.07, 6.45) is 3.56. The Hall–Kier alpha value is -1.13. The molecule has 1 rings (SSSR count). The zero-order chi connectivity index (χ0) is 10.9. The lowest BCUT2D eigenvalue weighted by atomic mass is 10.2. The van der Waals surface area contributed by atoms with Gasteiger partial charge in [-0.2, -0.15) is 0 Å². The highest BCUT2D eigenvalue weighted by Crippen LogP contribution is 2.15. The summed E-state index contributed by atoms with van der Waals surface area (Å²) < 4.78 is 10.5. The van der Waals surface area contributed by atoms with E-state index in [2.05, 4.69) is 17.2 Å². The molecule has 0 atom stereocenters. The average molecular weight is 210 g/mol. The Morgan fingerprint density at radius 3 is 3.00 bits per heavy atom. The highest BCUT2D eigenvalue weighted by Gasteiger charge is 2.02. The number of hydrogen-bond acceptors (Lipinski definition) is 4. The van der Waals surface area contributed by atoms with Gasteiger partial charge in [0.1, 0.15) is 12.4 Å². The fraction of sp³-hybridized carbons (Fsp3) is 0.545. The first-order valence-corrected chi connectivity index (χ1v) is 5.13. The number of aromatic nitrogens is 1. The van der Waals surface area contributed by atoms with Gasteiger partial charge in [0.2, 0.25) is 0 Å². The minimum atomic E-state index is 0.569. The van der Waals surface area contributed by atoms with Crippen LogP contribution in [-0.4, -0.2) is 31.9 Å². The normalized spacial score (nSPS) is 10.3. The van der Waals surface area contributed by atoms with Gasteiger partial charge in [-0.1, -0.05) is 6.92 Å². The number of nitrogens with zero attached hydrogens (tertiary/aromatic N) is 1. The maximum atomic E-state index is 5.57. The predicted molar refractivity (Wildman–Crippen MR) is 59.0 cm³/mol. The van der Waals surface area contributed by atoms with E-state index in [1.807, 2.05) is 12.3 Å². The Morgan fingerprint density at radius 1 is 1.40 bits per heavy atom. The highest BCUT2D eigenvalue weighted by atomic mass is 16.5. The van der Waals surface area contributed by atoms with E-state index in [1.165, 1.54) is 0 Å². The lowest BCUT2D eigenvalue weighted by Crippen LogP contribution is -2.14. The summed E-state index contributed by atoms with van der Waals surface area (Å²) in [4.78, 5) is 4.08. The van der Waals surface area contributed by atoms with Crippen molar-refractivity contribution in [1.82, 2.24) is 10.3 Å². The summed E-state index contributed by atoms with van der Waals surface area (Å²) in [7, 11) is 1.66. The van der Waals surface area contributed by atoms with E-state index < -0.39 is 0 Å². The lowest BCUT2D eigenvalue weighted by molar-refractivity contribution is 0.145. The Labute approximate surface area is 90.6 Å². The maximum Gasteiger partial charge on any atom is 0.126 e. The third kappa shape index (κ3) is 4.27.